The van der Waals surface area contributed by atoms with Gasteiger partial charge in [-0.2, -0.15) is 23.4 Å². The Kier molecular flexibility index (Phi) is 4.75. The SMILES string of the molecule is Cc1cc(C(F)(F)F)n2nc([C@H]3CCCN(C(=O)c4n[nH]c5c4CCCC5)C3)cc2n1. The maximum absolute atomic E-state index is 13.5. The zero-order valence-electron chi connectivity index (χ0n) is 17.2. The average molecular weight is 432 g/mol. The molecule has 164 valence electrons. The molecule has 1 fully saturated rings. The number of hydrogen-bond donors (Lipinski definition) is 1. The molecular formula is C21H23F3N6O. The van der Waals surface area contributed by atoms with Gasteiger partial charge >= 0.3 is 6.18 Å². The number of aryl methyl sites for hydroxylation is 2. The lowest BCUT2D eigenvalue weighted by molar-refractivity contribution is -0.142. The van der Waals surface area contributed by atoms with Gasteiger partial charge < -0.3 is 4.90 Å². The van der Waals surface area contributed by atoms with Gasteiger partial charge in [0.2, 0.25) is 0 Å². The van der Waals surface area contributed by atoms with E-state index >= 15 is 0 Å². The van der Waals surface area contributed by atoms with Crippen LogP contribution in [0.25, 0.3) is 5.65 Å². The third kappa shape index (κ3) is 3.57. The van der Waals surface area contributed by atoms with Crippen molar-refractivity contribution in [2.45, 2.75) is 57.5 Å². The third-order valence-corrected chi connectivity index (χ3v) is 6.25. The highest BCUT2D eigenvalue weighted by molar-refractivity contribution is 5.94. The van der Waals surface area contributed by atoms with Crippen LogP contribution in [0.3, 0.4) is 0 Å². The number of aromatic amines is 1. The quantitative estimate of drug-likeness (QED) is 0.670. The number of piperidine rings is 1. The molecule has 1 amide bonds. The summed E-state index contributed by atoms with van der Waals surface area (Å²) in [5, 5.41) is 11.5. The molecule has 0 radical (unpaired) electrons. The van der Waals surface area contributed by atoms with Crippen LogP contribution in [0, 0.1) is 6.92 Å². The molecule has 4 heterocycles. The minimum Gasteiger partial charge on any atom is -0.337 e. The highest BCUT2D eigenvalue weighted by Crippen LogP contribution is 2.33. The molecular weight excluding hydrogens is 409 g/mol. The number of aromatic nitrogens is 5. The summed E-state index contributed by atoms with van der Waals surface area (Å²) in [6, 6.07) is 2.61. The lowest BCUT2D eigenvalue weighted by Gasteiger charge is -2.31. The summed E-state index contributed by atoms with van der Waals surface area (Å²) in [6.45, 7) is 2.55. The number of fused-ring (bicyclic) bond motifs is 2. The zero-order valence-corrected chi connectivity index (χ0v) is 17.2. The molecule has 31 heavy (non-hydrogen) atoms. The van der Waals surface area contributed by atoms with Gasteiger partial charge in [0.1, 0.15) is 5.69 Å². The third-order valence-electron chi connectivity index (χ3n) is 6.25. The molecule has 7 nitrogen and oxygen atoms in total. The topological polar surface area (TPSA) is 79.2 Å². The molecule has 1 N–H and O–H groups in total. The first-order valence-electron chi connectivity index (χ1n) is 10.6. The van der Waals surface area contributed by atoms with E-state index in [1.807, 2.05) is 0 Å². The van der Waals surface area contributed by atoms with Crippen molar-refractivity contribution in [2.24, 2.45) is 0 Å². The molecule has 3 aromatic heterocycles. The number of alkyl halides is 3. The highest BCUT2D eigenvalue weighted by Gasteiger charge is 2.36. The van der Waals surface area contributed by atoms with E-state index in [0.29, 0.717) is 24.5 Å². The van der Waals surface area contributed by atoms with Gasteiger partial charge in [0.05, 0.1) is 5.69 Å². The first-order chi connectivity index (χ1) is 14.8. The molecule has 1 aliphatic heterocycles. The standard InChI is InChI=1S/C21H23F3N6O/c1-12-9-17(21(22,23)24)30-18(25-12)10-16(28-30)13-5-4-8-29(11-13)20(31)19-14-6-2-3-7-15(14)26-27-19/h9-10,13H,2-8,11H2,1H3,(H,26,27)/t13-/m0/s1. The number of nitrogens with one attached hydrogen (secondary N) is 1. The van der Waals surface area contributed by atoms with Crippen molar-refractivity contribution in [3.05, 3.63) is 46.2 Å². The van der Waals surface area contributed by atoms with Gasteiger partial charge in [-0.15, -0.1) is 0 Å². The molecule has 3 aromatic rings. The zero-order chi connectivity index (χ0) is 21.8. The van der Waals surface area contributed by atoms with Gasteiger partial charge in [0.15, 0.2) is 11.3 Å². The Morgan fingerprint density at radius 2 is 2.00 bits per heavy atom. The molecule has 0 unspecified atom stereocenters. The van der Waals surface area contributed by atoms with Crippen LogP contribution in [0.5, 0.6) is 0 Å². The number of halogens is 3. The average Bonchev–Trinajstić information content (AvgIpc) is 3.36. The number of nitrogens with zero attached hydrogens (tertiary/aromatic N) is 5. The van der Waals surface area contributed by atoms with Gasteiger partial charge in [0.25, 0.3) is 5.91 Å². The van der Waals surface area contributed by atoms with Crippen molar-refractivity contribution >= 4 is 11.6 Å². The Morgan fingerprint density at radius 1 is 1.19 bits per heavy atom. The van der Waals surface area contributed by atoms with E-state index in [-0.39, 0.29) is 23.2 Å². The van der Waals surface area contributed by atoms with Crippen molar-refractivity contribution in [2.75, 3.05) is 13.1 Å². The van der Waals surface area contributed by atoms with E-state index in [1.54, 1.807) is 11.0 Å². The minimum atomic E-state index is -4.52. The molecule has 0 spiro atoms. The molecule has 1 saturated heterocycles. The van der Waals surface area contributed by atoms with E-state index < -0.39 is 11.9 Å². The molecule has 0 aromatic carbocycles. The van der Waals surface area contributed by atoms with Crippen LogP contribution in [0.2, 0.25) is 0 Å². The molecule has 10 heteroatoms. The molecule has 1 aliphatic carbocycles. The molecule has 0 saturated carbocycles. The summed E-state index contributed by atoms with van der Waals surface area (Å²) in [5.74, 6) is -0.256. The number of hydrogen-bond acceptors (Lipinski definition) is 4. The van der Waals surface area contributed by atoms with E-state index in [4.69, 9.17) is 0 Å². The number of carbonyl (C=O) groups is 1. The summed E-state index contributed by atoms with van der Waals surface area (Å²) >= 11 is 0. The van der Waals surface area contributed by atoms with E-state index in [2.05, 4.69) is 20.3 Å². The fourth-order valence-corrected chi connectivity index (χ4v) is 4.73. The summed E-state index contributed by atoms with van der Waals surface area (Å²) < 4.78 is 41.3. The molecule has 0 bridgehead atoms. The van der Waals surface area contributed by atoms with Gasteiger partial charge in [-0.1, -0.05) is 0 Å². The summed E-state index contributed by atoms with van der Waals surface area (Å²) in [6.07, 6.45) is 0.890. The first-order valence-corrected chi connectivity index (χ1v) is 10.6. The maximum Gasteiger partial charge on any atom is 0.433 e. The fraction of sp³-hybridized carbons (Fsp3) is 0.524. The number of rotatable bonds is 2. The smallest absolute Gasteiger partial charge is 0.337 e. The number of carbonyl (C=O) groups excluding carboxylic acids is 1. The van der Waals surface area contributed by atoms with Gasteiger partial charge in [-0.3, -0.25) is 9.89 Å². The van der Waals surface area contributed by atoms with Crippen molar-refractivity contribution in [3.63, 3.8) is 0 Å². The number of likely N-dealkylation sites (tertiary alicyclic amines) is 1. The summed E-state index contributed by atoms with van der Waals surface area (Å²) in [4.78, 5) is 19.1. The van der Waals surface area contributed by atoms with Gasteiger partial charge in [0, 0.05) is 42.0 Å². The second kappa shape index (κ2) is 7.35. The highest BCUT2D eigenvalue weighted by atomic mass is 19.4. The summed E-state index contributed by atoms with van der Waals surface area (Å²) in [5.41, 5.74) is 2.70. The van der Waals surface area contributed by atoms with E-state index in [9.17, 15) is 18.0 Å². The Morgan fingerprint density at radius 3 is 2.81 bits per heavy atom. The van der Waals surface area contributed by atoms with Crippen molar-refractivity contribution in [1.29, 1.82) is 0 Å². The first kappa shape index (κ1) is 20.0. The summed E-state index contributed by atoms with van der Waals surface area (Å²) in [7, 11) is 0. The minimum absolute atomic E-state index is 0.113. The second-order valence-electron chi connectivity index (χ2n) is 8.45. The predicted octanol–water partition coefficient (Wildman–Crippen LogP) is 3.68. The second-order valence-corrected chi connectivity index (χ2v) is 8.45. The lowest BCUT2D eigenvalue weighted by Crippen LogP contribution is -2.39. The van der Waals surface area contributed by atoms with E-state index in [0.717, 1.165) is 60.4 Å². The van der Waals surface area contributed by atoms with Crippen LogP contribution in [-0.2, 0) is 19.0 Å². The lowest BCUT2D eigenvalue weighted by atomic mass is 9.93. The van der Waals surface area contributed by atoms with Crippen LogP contribution in [0.15, 0.2) is 12.1 Å². The van der Waals surface area contributed by atoms with Crippen LogP contribution in [0.4, 0.5) is 13.2 Å². The normalized spacial score (nSPS) is 19.6. The fourth-order valence-electron chi connectivity index (χ4n) is 4.73. The maximum atomic E-state index is 13.5. The Bertz CT molecular complexity index is 1150. The molecule has 1 atom stereocenters. The Balaban J connectivity index is 1.42. The van der Waals surface area contributed by atoms with Crippen LogP contribution in [-0.4, -0.2) is 48.7 Å². The number of amides is 1. The van der Waals surface area contributed by atoms with Crippen molar-refractivity contribution < 1.29 is 18.0 Å². The van der Waals surface area contributed by atoms with E-state index in [1.165, 1.54) is 6.92 Å². The van der Waals surface area contributed by atoms with Crippen LogP contribution < -0.4 is 0 Å². The van der Waals surface area contributed by atoms with Gasteiger partial charge in [-0.05, 0) is 51.5 Å². The Hall–Kier alpha value is -2.91. The predicted molar refractivity (Wildman–Crippen MR) is 106 cm³/mol. The Labute approximate surface area is 176 Å². The molecule has 2 aliphatic rings. The number of H-pyrrole nitrogens is 1. The largest absolute Gasteiger partial charge is 0.433 e. The van der Waals surface area contributed by atoms with Gasteiger partial charge in [-0.25, -0.2) is 9.50 Å². The van der Waals surface area contributed by atoms with Crippen molar-refractivity contribution in [3.8, 4) is 0 Å². The van der Waals surface area contributed by atoms with Crippen LogP contribution >= 0.6 is 0 Å². The molecule has 5 rings (SSSR count). The van der Waals surface area contributed by atoms with Crippen molar-refractivity contribution in [1.82, 2.24) is 29.7 Å². The van der Waals surface area contributed by atoms with Crippen LogP contribution in [0.1, 0.15) is 70.4 Å². The monoisotopic (exact) mass is 432 g/mol.